The van der Waals surface area contributed by atoms with Gasteiger partial charge in [0.25, 0.3) is 17.7 Å². The summed E-state index contributed by atoms with van der Waals surface area (Å²) in [5, 5.41) is 0. The molecule has 0 atom stereocenters. The second kappa shape index (κ2) is 12.7. The molecule has 1 aliphatic rings. The van der Waals surface area contributed by atoms with E-state index in [9.17, 15) is 14.4 Å². The number of nitrogens with zero attached hydrogens (tertiary/aromatic N) is 1. The van der Waals surface area contributed by atoms with Crippen molar-refractivity contribution in [1.82, 2.24) is 15.8 Å². The Hall–Kier alpha value is -4.21. The number of amides is 3. The molecule has 0 radical (unpaired) electrons. The highest BCUT2D eigenvalue weighted by Crippen LogP contribution is 2.30. The summed E-state index contributed by atoms with van der Waals surface area (Å²) < 4.78 is 5.99. The Morgan fingerprint density at radius 3 is 2.30 bits per heavy atom. The Morgan fingerprint density at radius 1 is 0.919 bits per heavy atom. The molecular weight excluding hydrogens is 506 g/mol. The minimum atomic E-state index is -0.575. The molecule has 1 fully saturated rings. The molecule has 0 spiro atoms. The zero-order valence-electron chi connectivity index (χ0n) is 19.6. The summed E-state index contributed by atoms with van der Waals surface area (Å²) in [6.07, 6.45) is 5.30. The Balaban J connectivity index is 1.24. The fourth-order valence-electron chi connectivity index (χ4n) is 3.29. The van der Waals surface area contributed by atoms with Crippen molar-refractivity contribution in [3.05, 3.63) is 119 Å². The van der Waals surface area contributed by atoms with Crippen LogP contribution in [0.2, 0.25) is 0 Å². The van der Waals surface area contributed by atoms with E-state index < -0.39 is 11.8 Å². The molecule has 2 N–H and O–H groups in total. The van der Waals surface area contributed by atoms with Crippen molar-refractivity contribution < 1.29 is 19.1 Å². The molecule has 3 amide bonds. The van der Waals surface area contributed by atoms with Crippen LogP contribution in [0.25, 0.3) is 6.08 Å². The molecule has 0 aliphatic carbocycles. The number of carbonyl (C=O) groups excluding carboxylic acids is 3. The first-order chi connectivity index (χ1) is 18.0. The third-order valence-electron chi connectivity index (χ3n) is 5.19. The molecule has 37 heavy (non-hydrogen) atoms. The summed E-state index contributed by atoms with van der Waals surface area (Å²) in [6, 6.07) is 26.0. The molecule has 9 heteroatoms. The molecule has 7 nitrogen and oxygen atoms in total. The van der Waals surface area contributed by atoms with Crippen LogP contribution in [0.1, 0.15) is 21.5 Å². The molecule has 4 rings (SSSR count). The average Bonchev–Trinajstić information content (AvgIpc) is 3.19. The lowest BCUT2D eigenvalue weighted by Crippen LogP contribution is -2.47. The van der Waals surface area contributed by atoms with Crippen molar-refractivity contribution >= 4 is 52.1 Å². The van der Waals surface area contributed by atoms with Gasteiger partial charge >= 0.3 is 0 Å². The lowest BCUT2D eigenvalue weighted by molar-refractivity contribution is -0.129. The van der Waals surface area contributed by atoms with Crippen molar-refractivity contribution in [2.45, 2.75) is 6.61 Å². The van der Waals surface area contributed by atoms with Gasteiger partial charge in [0.05, 0.1) is 4.91 Å². The Kier molecular flexibility index (Phi) is 8.85. The molecule has 0 unspecified atom stereocenters. The van der Waals surface area contributed by atoms with Crippen LogP contribution in [0.5, 0.6) is 5.75 Å². The van der Waals surface area contributed by atoms with E-state index in [4.69, 9.17) is 17.0 Å². The number of ether oxygens (including phenoxy) is 1. The number of nitrogens with one attached hydrogen (secondary N) is 2. The van der Waals surface area contributed by atoms with Crippen molar-refractivity contribution in [1.29, 1.82) is 0 Å². The van der Waals surface area contributed by atoms with E-state index in [-0.39, 0.29) is 16.8 Å². The van der Waals surface area contributed by atoms with Crippen molar-refractivity contribution in [2.24, 2.45) is 0 Å². The van der Waals surface area contributed by atoms with Gasteiger partial charge in [-0.05, 0) is 41.5 Å². The summed E-state index contributed by atoms with van der Waals surface area (Å²) in [5.74, 6) is -0.821. The van der Waals surface area contributed by atoms with Crippen LogP contribution in [0.15, 0.2) is 102 Å². The van der Waals surface area contributed by atoms with Crippen LogP contribution in [0.4, 0.5) is 0 Å². The number of thiocarbonyl (C=S) groups is 1. The third-order valence-corrected chi connectivity index (χ3v) is 6.59. The Morgan fingerprint density at radius 2 is 1.59 bits per heavy atom. The minimum absolute atomic E-state index is 0.275. The first kappa shape index (κ1) is 25.9. The lowest BCUT2D eigenvalue weighted by atomic mass is 10.2. The maximum absolute atomic E-state index is 12.7. The van der Waals surface area contributed by atoms with Gasteiger partial charge in [0.1, 0.15) is 23.2 Å². The van der Waals surface area contributed by atoms with E-state index in [0.717, 1.165) is 22.9 Å². The molecular formula is C28H23N3O4S2. The van der Waals surface area contributed by atoms with Gasteiger partial charge in [-0.3, -0.25) is 30.1 Å². The fraction of sp³-hybridized carbons (Fsp3) is 0.0714. The smallest absolute Gasteiger partial charge is 0.269 e. The van der Waals surface area contributed by atoms with Crippen LogP contribution < -0.4 is 15.6 Å². The van der Waals surface area contributed by atoms with Crippen molar-refractivity contribution in [2.75, 3.05) is 6.54 Å². The van der Waals surface area contributed by atoms with Crippen LogP contribution in [-0.2, 0) is 16.2 Å². The van der Waals surface area contributed by atoms with E-state index >= 15 is 0 Å². The monoisotopic (exact) mass is 529 g/mol. The number of hydrazine groups is 1. The van der Waals surface area contributed by atoms with Gasteiger partial charge in [-0.15, -0.1) is 0 Å². The summed E-state index contributed by atoms with van der Waals surface area (Å²) in [4.78, 5) is 39.0. The molecule has 0 bridgehead atoms. The number of hydrogen-bond acceptors (Lipinski definition) is 6. The summed E-state index contributed by atoms with van der Waals surface area (Å²) in [5.41, 5.74) is 7.05. The van der Waals surface area contributed by atoms with Crippen molar-refractivity contribution in [3.8, 4) is 5.75 Å². The molecule has 1 saturated heterocycles. The largest absolute Gasteiger partial charge is 0.489 e. The second-order valence-corrected chi connectivity index (χ2v) is 9.54. The second-order valence-electron chi connectivity index (χ2n) is 7.86. The van der Waals surface area contributed by atoms with Gasteiger partial charge in [-0.1, -0.05) is 96.8 Å². The summed E-state index contributed by atoms with van der Waals surface area (Å²) in [7, 11) is 0. The van der Waals surface area contributed by atoms with Gasteiger partial charge in [0.15, 0.2) is 0 Å². The van der Waals surface area contributed by atoms with Crippen LogP contribution in [0, 0.1) is 0 Å². The molecule has 0 saturated carbocycles. The number of benzene rings is 3. The zero-order valence-corrected chi connectivity index (χ0v) is 21.3. The van der Waals surface area contributed by atoms with E-state index in [1.807, 2.05) is 66.7 Å². The highest BCUT2D eigenvalue weighted by molar-refractivity contribution is 8.26. The van der Waals surface area contributed by atoms with Crippen LogP contribution in [0.3, 0.4) is 0 Å². The SMILES string of the molecule is O=C(CN1C(=O)/C(=C/C=C/c2ccccc2)SC1=S)NNC(=O)c1ccc(OCc2ccccc2)cc1. The Labute approximate surface area is 224 Å². The number of hydrogen-bond donors (Lipinski definition) is 2. The third kappa shape index (κ3) is 7.39. The van der Waals surface area contributed by atoms with Gasteiger partial charge < -0.3 is 4.74 Å². The predicted octanol–water partition coefficient (Wildman–Crippen LogP) is 4.48. The fourth-order valence-corrected chi connectivity index (χ4v) is 4.49. The first-order valence-electron chi connectivity index (χ1n) is 11.3. The zero-order chi connectivity index (χ0) is 26.0. The quantitative estimate of drug-likeness (QED) is 0.254. The van der Waals surface area contributed by atoms with E-state index in [2.05, 4.69) is 10.9 Å². The molecule has 186 valence electrons. The number of rotatable bonds is 8. The van der Waals surface area contributed by atoms with Gasteiger partial charge in [-0.25, -0.2) is 0 Å². The van der Waals surface area contributed by atoms with E-state index in [1.165, 1.54) is 4.90 Å². The molecule has 1 aliphatic heterocycles. The van der Waals surface area contributed by atoms with Crippen LogP contribution >= 0.6 is 24.0 Å². The number of thioether (sulfide) groups is 1. The van der Waals surface area contributed by atoms with Crippen LogP contribution in [-0.4, -0.2) is 33.5 Å². The van der Waals surface area contributed by atoms with Crippen molar-refractivity contribution in [3.63, 3.8) is 0 Å². The Bertz CT molecular complexity index is 1340. The summed E-state index contributed by atoms with van der Waals surface area (Å²) >= 11 is 6.38. The average molecular weight is 530 g/mol. The molecule has 3 aromatic rings. The summed E-state index contributed by atoms with van der Waals surface area (Å²) in [6.45, 7) is 0.106. The van der Waals surface area contributed by atoms with E-state index in [0.29, 0.717) is 22.8 Å². The maximum atomic E-state index is 12.7. The lowest BCUT2D eigenvalue weighted by Gasteiger charge is -2.14. The topological polar surface area (TPSA) is 87.7 Å². The van der Waals surface area contributed by atoms with Gasteiger partial charge in [-0.2, -0.15) is 0 Å². The molecule has 0 aromatic heterocycles. The molecule has 3 aromatic carbocycles. The molecule has 1 heterocycles. The number of carbonyl (C=O) groups is 3. The first-order valence-corrected chi connectivity index (χ1v) is 12.5. The standard InChI is InChI=1S/C28H23N3O4S2/c32-25(18-31-27(34)24(37-28(31)36)13-7-12-20-8-3-1-4-9-20)29-30-26(33)22-14-16-23(17-15-22)35-19-21-10-5-2-6-11-21/h1-17H,18-19H2,(H,29,32)(H,30,33)/b12-7+,24-13-. The predicted molar refractivity (Wildman–Crippen MR) is 148 cm³/mol. The van der Waals surface area contributed by atoms with E-state index in [1.54, 1.807) is 36.4 Å². The maximum Gasteiger partial charge on any atom is 0.269 e. The highest BCUT2D eigenvalue weighted by atomic mass is 32.2. The minimum Gasteiger partial charge on any atom is -0.489 e. The normalized spacial score (nSPS) is 14.3. The van der Waals surface area contributed by atoms with Gasteiger partial charge in [0, 0.05) is 5.56 Å². The van der Waals surface area contributed by atoms with Gasteiger partial charge in [0.2, 0.25) is 0 Å². The highest BCUT2D eigenvalue weighted by Gasteiger charge is 2.33. The number of allylic oxidation sites excluding steroid dienone is 2.